The van der Waals surface area contributed by atoms with Gasteiger partial charge in [-0.15, -0.1) is 0 Å². The van der Waals surface area contributed by atoms with Gasteiger partial charge in [0.15, 0.2) is 5.60 Å². The lowest BCUT2D eigenvalue weighted by molar-refractivity contribution is -0.153. The largest absolute Gasteiger partial charge is 0.444 e. The van der Waals surface area contributed by atoms with E-state index < -0.39 is 5.60 Å². The molecule has 0 fully saturated rings. The fourth-order valence-electron chi connectivity index (χ4n) is 3.67. The minimum absolute atomic E-state index is 0.253. The van der Waals surface area contributed by atoms with E-state index in [4.69, 9.17) is 22.1 Å². The third kappa shape index (κ3) is 4.92. The van der Waals surface area contributed by atoms with E-state index in [1.54, 1.807) is 0 Å². The summed E-state index contributed by atoms with van der Waals surface area (Å²) in [7, 11) is 0. The van der Waals surface area contributed by atoms with Gasteiger partial charge in [-0.3, -0.25) is 4.79 Å². The SMILES string of the molecule is Cc1ccc(C(OC(=O)CCCCCN)(c2ccccc2)c2ccccc2Cl)cc1. The molecular weight excluding hydrogens is 394 g/mol. The molecule has 30 heavy (non-hydrogen) atoms. The molecule has 0 aliphatic heterocycles. The average Bonchev–Trinajstić information content (AvgIpc) is 2.77. The fraction of sp³-hybridized carbons (Fsp3) is 0.269. The van der Waals surface area contributed by atoms with Crippen LogP contribution in [0.25, 0.3) is 0 Å². The van der Waals surface area contributed by atoms with Crippen LogP contribution < -0.4 is 5.73 Å². The molecule has 0 heterocycles. The van der Waals surface area contributed by atoms with Gasteiger partial charge in [-0.1, -0.05) is 96.4 Å². The second-order valence-electron chi connectivity index (χ2n) is 7.47. The molecule has 156 valence electrons. The van der Waals surface area contributed by atoms with Gasteiger partial charge in [-0.2, -0.15) is 0 Å². The molecule has 0 aliphatic rings. The van der Waals surface area contributed by atoms with Crippen molar-refractivity contribution in [2.75, 3.05) is 6.54 Å². The highest BCUT2D eigenvalue weighted by Crippen LogP contribution is 2.43. The van der Waals surface area contributed by atoms with Crippen LogP contribution in [0.4, 0.5) is 0 Å². The molecule has 0 saturated carbocycles. The highest BCUT2D eigenvalue weighted by molar-refractivity contribution is 6.31. The van der Waals surface area contributed by atoms with E-state index in [9.17, 15) is 4.79 Å². The monoisotopic (exact) mass is 421 g/mol. The Kier molecular flexibility index (Phi) is 7.67. The molecule has 2 N–H and O–H groups in total. The van der Waals surface area contributed by atoms with E-state index in [0.29, 0.717) is 18.0 Å². The fourth-order valence-corrected chi connectivity index (χ4v) is 3.94. The van der Waals surface area contributed by atoms with Crippen LogP contribution in [0.15, 0.2) is 78.9 Å². The van der Waals surface area contributed by atoms with Crippen molar-refractivity contribution in [1.82, 2.24) is 0 Å². The summed E-state index contributed by atoms with van der Waals surface area (Å²) in [5, 5.41) is 0.554. The van der Waals surface area contributed by atoms with E-state index >= 15 is 0 Å². The predicted octanol–water partition coefficient (Wildman–Crippen LogP) is 6.00. The van der Waals surface area contributed by atoms with E-state index in [1.807, 2.05) is 85.8 Å². The molecular formula is C26H28ClNO2. The molecule has 3 aromatic rings. The first-order chi connectivity index (χ1) is 14.6. The minimum Gasteiger partial charge on any atom is -0.444 e. The van der Waals surface area contributed by atoms with Crippen molar-refractivity contribution >= 4 is 17.6 Å². The predicted molar refractivity (Wildman–Crippen MR) is 123 cm³/mol. The van der Waals surface area contributed by atoms with Crippen LogP contribution in [0.1, 0.15) is 47.9 Å². The Morgan fingerprint density at radius 1 is 0.867 bits per heavy atom. The molecule has 0 saturated heterocycles. The second kappa shape index (κ2) is 10.4. The van der Waals surface area contributed by atoms with Crippen molar-refractivity contribution in [2.24, 2.45) is 5.73 Å². The molecule has 0 radical (unpaired) electrons. The van der Waals surface area contributed by atoms with Gasteiger partial charge in [-0.05, 0) is 32.4 Å². The molecule has 0 spiro atoms. The van der Waals surface area contributed by atoms with Crippen LogP contribution in [0.3, 0.4) is 0 Å². The number of benzene rings is 3. The number of hydrogen-bond donors (Lipinski definition) is 1. The Labute approximate surface area is 183 Å². The molecule has 3 nitrogen and oxygen atoms in total. The van der Waals surface area contributed by atoms with Gasteiger partial charge >= 0.3 is 5.97 Å². The Hall–Kier alpha value is -2.62. The number of ether oxygens (including phenoxy) is 1. The standard InChI is InChI=1S/C26H28ClNO2/c1-20-15-17-22(18-16-20)26(21-10-4-2-5-11-21,23-12-7-8-13-24(23)27)30-25(29)14-6-3-9-19-28/h2,4-5,7-8,10-13,15-18H,3,6,9,14,19,28H2,1H3. The molecule has 1 atom stereocenters. The first kappa shape index (κ1) is 22.1. The highest BCUT2D eigenvalue weighted by atomic mass is 35.5. The molecule has 3 aromatic carbocycles. The smallest absolute Gasteiger partial charge is 0.307 e. The zero-order valence-corrected chi connectivity index (χ0v) is 18.1. The van der Waals surface area contributed by atoms with Gasteiger partial charge < -0.3 is 10.5 Å². The summed E-state index contributed by atoms with van der Waals surface area (Å²) in [6.45, 7) is 2.67. The number of carbonyl (C=O) groups is 1. The summed E-state index contributed by atoms with van der Waals surface area (Å²) in [5.41, 5.74) is 8.05. The van der Waals surface area contributed by atoms with Crippen molar-refractivity contribution in [3.63, 3.8) is 0 Å². The van der Waals surface area contributed by atoms with Crippen LogP contribution in [-0.2, 0) is 15.1 Å². The normalized spacial score (nSPS) is 12.9. The third-order valence-corrected chi connectivity index (χ3v) is 5.57. The Balaban J connectivity index is 2.13. The van der Waals surface area contributed by atoms with Crippen LogP contribution in [0.2, 0.25) is 5.02 Å². The molecule has 0 aliphatic carbocycles. The summed E-state index contributed by atoms with van der Waals surface area (Å²) in [6, 6.07) is 25.4. The minimum atomic E-state index is -1.13. The summed E-state index contributed by atoms with van der Waals surface area (Å²) >= 11 is 6.66. The van der Waals surface area contributed by atoms with Gasteiger partial charge in [0, 0.05) is 28.1 Å². The summed E-state index contributed by atoms with van der Waals surface area (Å²) in [5.74, 6) is -0.253. The van der Waals surface area contributed by atoms with Crippen molar-refractivity contribution < 1.29 is 9.53 Å². The van der Waals surface area contributed by atoms with Crippen molar-refractivity contribution in [2.45, 2.75) is 38.2 Å². The zero-order chi connectivity index (χ0) is 21.4. The Morgan fingerprint density at radius 2 is 1.50 bits per heavy atom. The van der Waals surface area contributed by atoms with Crippen molar-refractivity contribution in [3.8, 4) is 0 Å². The summed E-state index contributed by atoms with van der Waals surface area (Å²) in [6.07, 6.45) is 2.89. The molecule has 3 rings (SSSR count). The van der Waals surface area contributed by atoms with E-state index in [-0.39, 0.29) is 5.97 Å². The highest BCUT2D eigenvalue weighted by Gasteiger charge is 2.41. The lowest BCUT2D eigenvalue weighted by atomic mass is 9.79. The zero-order valence-electron chi connectivity index (χ0n) is 17.3. The Morgan fingerprint density at radius 3 is 2.17 bits per heavy atom. The molecule has 0 bridgehead atoms. The summed E-state index contributed by atoms with van der Waals surface area (Å²) < 4.78 is 6.34. The number of aryl methyl sites for hydroxylation is 1. The molecule has 0 amide bonds. The van der Waals surface area contributed by atoms with Crippen molar-refractivity contribution in [3.05, 3.63) is 106 Å². The first-order valence-electron chi connectivity index (χ1n) is 10.4. The van der Waals surface area contributed by atoms with E-state index in [0.717, 1.165) is 41.5 Å². The number of halogens is 1. The Bertz CT molecular complexity index is 956. The maximum Gasteiger partial charge on any atom is 0.307 e. The number of rotatable bonds is 9. The number of unbranched alkanes of at least 4 members (excludes halogenated alkanes) is 2. The average molecular weight is 422 g/mol. The summed E-state index contributed by atoms with van der Waals surface area (Å²) in [4.78, 5) is 13.0. The van der Waals surface area contributed by atoms with E-state index in [1.165, 1.54) is 0 Å². The van der Waals surface area contributed by atoms with Gasteiger partial charge in [0.25, 0.3) is 0 Å². The van der Waals surface area contributed by atoms with Gasteiger partial charge in [0.2, 0.25) is 0 Å². The van der Waals surface area contributed by atoms with Gasteiger partial charge in [-0.25, -0.2) is 0 Å². The van der Waals surface area contributed by atoms with Crippen molar-refractivity contribution in [1.29, 1.82) is 0 Å². The van der Waals surface area contributed by atoms with Crippen LogP contribution in [0, 0.1) is 6.92 Å². The van der Waals surface area contributed by atoms with Crippen LogP contribution in [0.5, 0.6) is 0 Å². The van der Waals surface area contributed by atoms with Gasteiger partial charge in [0.05, 0.1) is 0 Å². The maximum atomic E-state index is 13.0. The number of carbonyl (C=O) groups excluding carboxylic acids is 1. The maximum absolute atomic E-state index is 13.0. The second-order valence-corrected chi connectivity index (χ2v) is 7.87. The van der Waals surface area contributed by atoms with E-state index in [2.05, 4.69) is 0 Å². The number of esters is 1. The first-order valence-corrected chi connectivity index (χ1v) is 10.8. The van der Waals surface area contributed by atoms with Crippen LogP contribution >= 0.6 is 11.6 Å². The third-order valence-electron chi connectivity index (χ3n) is 5.24. The molecule has 4 heteroatoms. The topological polar surface area (TPSA) is 52.3 Å². The lowest BCUT2D eigenvalue weighted by Gasteiger charge is -2.36. The quantitative estimate of drug-likeness (QED) is 0.262. The molecule has 1 unspecified atom stereocenters. The van der Waals surface area contributed by atoms with Gasteiger partial charge in [0.1, 0.15) is 0 Å². The molecule has 0 aromatic heterocycles. The lowest BCUT2D eigenvalue weighted by Crippen LogP contribution is -2.35. The number of nitrogens with two attached hydrogens (primary N) is 1. The number of hydrogen-bond acceptors (Lipinski definition) is 3. The van der Waals surface area contributed by atoms with Crippen LogP contribution in [-0.4, -0.2) is 12.5 Å².